The van der Waals surface area contributed by atoms with E-state index in [0.717, 1.165) is 5.75 Å². The molecule has 0 atom stereocenters. The van der Waals surface area contributed by atoms with E-state index in [1.54, 1.807) is 30.9 Å². The maximum atomic E-state index is 11.6. The van der Waals surface area contributed by atoms with E-state index in [1.807, 2.05) is 13.8 Å². The van der Waals surface area contributed by atoms with Crippen molar-refractivity contribution in [1.82, 2.24) is 4.57 Å². The van der Waals surface area contributed by atoms with Crippen molar-refractivity contribution in [1.29, 1.82) is 0 Å². The standard InChI is InChI=1S/C10H15NO2/c1-7(2)11-6-9(13-4)5-8(3)10(11)12/h5-7H,1-4H3. The van der Waals surface area contributed by atoms with E-state index >= 15 is 0 Å². The molecule has 3 nitrogen and oxygen atoms in total. The number of aromatic nitrogens is 1. The van der Waals surface area contributed by atoms with Crippen LogP contribution in [0.2, 0.25) is 0 Å². The van der Waals surface area contributed by atoms with E-state index in [0.29, 0.717) is 5.56 Å². The maximum Gasteiger partial charge on any atom is 0.253 e. The predicted octanol–water partition coefficient (Wildman–Crippen LogP) is 1.75. The van der Waals surface area contributed by atoms with E-state index in [9.17, 15) is 4.79 Å². The topological polar surface area (TPSA) is 31.2 Å². The molecule has 1 rings (SSSR count). The van der Waals surface area contributed by atoms with Gasteiger partial charge in [0, 0.05) is 17.8 Å². The zero-order valence-corrected chi connectivity index (χ0v) is 8.50. The van der Waals surface area contributed by atoms with Gasteiger partial charge in [-0.05, 0) is 26.8 Å². The molecule has 0 aliphatic rings. The second kappa shape index (κ2) is 3.64. The number of rotatable bonds is 2. The van der Waals surface area contributed by atoms with Crippen LogP contribution >= 0.6 is 0 Å². The maximum absolute atomic E-state index is 11.6. The first-order valence-corrected chi connectivity index (χ1v) is 4.33. The number of aryl methyl sites for hydroxylation is 1. The van der Waals surface area contributed by atoms with Crippen LogP contribution in [-0.4, -0.2) is 11.7 Å². The fraction of sp³-hybridized carbons (Fsp3) is 0.500. The molecular formula is C10H15NO2. The Bertz CT molecular complexity index is 352. The number of ether oxygens (including phenoxy) is 1. The Balaban J connectivity index is 3.33. The summed E-state index contributed by atoms with van der Waals surface area (Å²) in [6.07, 6.45) is 1.74. The van der Waals surface area contributed by atoms with E-state index < -0.39 is 0 Å². The summed E-state index contributed by atoms with van der Waals surface area (Å²) in [6.45, 7) is 5.74. The quantitative estimate of drug-likeness (QED) is 0.696. The van der Waals surface area contributed by atoms with Gasteiger partial charge in [-0.15, -0.1) is 0 Å². The van der Waals surface area contributed by atoms with Gasteiger partial charge in [-0.25, -0.2) is 0 Å². The van der Waals surface area contributed by atoms with Gasteiger partial charge in [0.15, 0.2) is 0 Å². The third kappa shape index (κ3) is 1.91. The van der Waals surface area contributed by atoms with Crippen LogP contribution in [0.15, 0.2) is 17.1 Å². The molecule has 0 bridgehead atoms. The average molecular weight is 181 g/mol. The zero-order valence-electron chi connectivity index (χ0n) is 8.50. The molecule has 0 aliphatic heterocycles. The molecule has 0 spiro atoms. The Morgan fingerprint density at radius 3 is 2.54 bits per heavy atom. The van der Waals surface area contributed by atoms with Gasteiger partial charge in [0.1, 0.15) is 5.75 Å². The number of pyridine rings is 1. The van der Waals surface area contributed by atoms with Crippen LogP contribution in [0.3, 0.4) is 0 Å². The van der Waals surface area contributed by atoms with Crippen molar-refractivity contribution < 1.29 is 4.74 Å². The smallest absolute Gasteiger partial charge is 0.253 e. The number of hydrogen-bond acceptors (Lipinski definition) is 2. The summed E-state index contributed by atoms with van der Waals surface area (Å²) in [5, 5.41) is 0. The van der Waals surface area contributed by atoms with Crippen molar-refractivity contribution in [3.8, 4) is 5.75 Å². The lowest BCUT2D eigenvalue weighted by Gasteiger charge is -2.12. The molecule has 0 unspecified atom stereocenters. The summed E-state index contributed by atoms with van der Waals surface area (Å²) in [5.74, 6) is 0.728. The van der Waals surface area contributed by atoms with Crippen molar-refractivity contribution in [2.24, 2.45) is 0 Å². The Labute approximate surface area is 78.0 Å². The Kier molecular flexibility index (Phi) is 2.76. The highest BCUT2D eigenvalue weighted by Crippen LogP contribution is 2.11. The molecule has 72 valence electrons. The highest BCUT2D eigenvalue weighted by atomic mass is 16.5. The first kappa shape index (κ1) is 9.84. The van der Waals surface area contributed by atoms with Crippen molar-refractivity contribution in [3.05, 3.63) is 28.2 Å². The normalized spacial score (nSPS) is 10.5. The van der Waals surface area contributed by atoms with Gasteiger partial charge in [0.2, 0.25) is 0 Å². The van der Waals surface area contributed by atoms with Crippen LogP contribution in [0.5, 0.6) is 5.75 Å². The molecule has 13 heavy (non-hydrogen) atoms. The minimum Gasteiger partial charge on any atom is -0.495 e. The van der Waals surface area contributed by atoms with Crippen LogP contribution in [0, 0.1) is 6.92 Å². The van der Waals surface area contributed by atoms with Gasteiger partial charge in [-0.1, -0.05) is 0 Å². The molecule has 1 aromatic heterocycles. The van der Waals surface area contributed by atoms with Crippen molar-refractivity contribution in [2.75, 3.05) is 7.11 Å². The monoisotopic (exact) mass is 181 g/mol. The molecule has 0 fully saturated rings. The SMILES string of the molecule is COc1cc(C)c(=O)n(C(C)C)c1. The van der Waals surface area contributed by atoms with Crippen molar-refractivity contribution in [3.63, 3.8) is 0 Å². The van der Waals surface area contributed by atoms with E-state index in [-0.39, 0.29) is 11.6 Å². The largest absolute Gasteiger partial charge is 0.495 e. The summed E-state index contributed by atoms with van der Waals surface area (Å²) in [4.78, 5) is 11.6. The van der Waals surface area contributed by atoms with Gasteiger partial charge in [-0.3, -0.25) is 4.79 Å². The summed E-state index contributed by atoms with van der Waals surface area (Å²) in [5.41, 5.74) is 0.767. The number of methoxy groups -OCH3 is 1. The first-order chi connectivity index (χ1) is 6.06. The molecule has 0 N–H and O–H groups in total. The van der Waals surface area contributed by atoms with Gasteiger partial charge in [0.05, 0.1) is 7.11 Å². The zero-order chi connectivity index (χ0) is 10.0. The van der Waals surface area contributed by atoms with Gasteiger partial charge in [0.25, 0.3) is 5.56 Å². The first-order valence-electron chi connectivity index (χ1n) is 4.33. The second-order valence-corrected chi connectivity index (χ2v) is 3.37. The van der Waals surface area contributed by atoms with Crippen LogP contribution in [0.4, 0.5) is 0 Å². The molecule has 0 saturated carbocycles. The number of hydrogen-bond donors (Lipinski definition) is 0. The van der Waals surface area contributed by atoms with Gasteiger partial charge in [-0.2, -0.15) is 0 Å². The van der Waals surface area contributed by atoms with Crippen LogP contribution in [0.1, 0.15) is 25.5 Å². The molecule has 0 aliphatic carbocycles. The lowest BCUT2D eigenvalue weighted by molar-refractivity contribution is 0.404. The Hall–Kier alpha value is -1.25. The highest BCUT2D eigenvalue weighted by molar-refractivity contribution is 5.23. The minimum atomic E-state index is 0.0517. The highest BCUT2D eigenvalue weighted by Gasteiger charge is 2.05. The molecule has 0 amide bonds. The van der Waals surface area contributed by atoms with Crippen molar-refractivity contribution in [2.45, 2.75) is 26.8 Å². The van der Waals surface area contributed by atoms with Crippen LogP contribution in [0.25, 0.3) is 0 Å². The minimum absolute atomic E-state index is 0.0517. The predicted molar refractivity (Wildman–Crippen MR) is 52.4 cm³/mol. The lowest BCUT2D eigenvalue weighted by atomic mass is 10.2. The Morgan fingerprint density at radius 2 is 2.08 bits per heavy atom. The van der Waals surface area contributed by atoms with E-state index in [4.69, 9.17) is 4.74 Å². The number of nitrogens with zero attached hydrogens (tertiary/aromatic N) is 1. The molecule has 0 saturated heterocycles. The summed E-state index contributed by atoms with van der Waals surface area (Å²) in [6, 6.07) is 1.92. The lowest BCUT2D eigenvalue weighted by Crippen LogP contribution is -2.23. The molecule has 0 aromatic carbocycles. The van der Waals surface area contributed by atoms with Gasteiger partial charge < -0.3 is 9.30 Å². The fourth-order valence-corrected chi connectivity index (χ4v) is 1.21. The summed E-state index contributed by atoms with van der Waals surface area (Å²) in [7, 11) is 1.60. The third-order valence-corrected chi connectivity index (χ3v) is 1.99. The third-order valence-electron chi connectivity index (χ3n) is 1.99. The molecule has 1 heterocycles. The van der Waals surface area contributed by atoms with Crippen LogP contribution in [-0.2, 0) is 0 Å². The molecule has 0 radical (unpaired) electrons. The average Bonchev–Trinajstić information content (AvgIpc) is 2.09. The molecular weight excluding hydrogens is 166 g/mol. The molecule has 1 aromatic rings. The van der Waals surface area contributed by atoms with Gasteiger partial charge >= 0.3 is 0 Å². The van der Waals surface area contributed by atoms with Crippen molar-refractivity contribution >= 4 is 0 Å². The van der Waals surface area contributed by atoms with E-state index in [2.05, 4.69) is 0 Å². The Morgan fingerprint density at radius 1 is 1.46 bits per heavy atom. The molecule has 3 heteroatoms. The second-order valence-electron chi connectivity index (χ2n) is 3.37. The van der Waals surface area contributed by atoms with E-state index in [1.165, 1.54) is 0 Å². The fourth-order valence-electron chi connectivity index (χ4n) is 1.21. The summed E-state index contributed by atoms with van der Waals surface area (Å²) >= 11 is 0. The van der Waals surface area contributed by atoms with Crippen LogP contribution < -0.4 is 10.3 Å². The summed E-state index contributed by atoms with van der Waals surface area (Å²) < 4.78 is 6.76.